The van der Waals surface area contributed by atoms with Gasteiger partial charge in [0, 0.05) is 18.7 Å². The molecule has 1 fully saturated rings. The molecule has 0 atom stereocenters. The molecule has 1 N–H and O–H groups in total. The molecule has 1 amide bonds. The van der Waals surface area contributed by atoms with E-state index in [1.165, 1.54) is 42.5 Å². The van der Waals surface area contributed by atoms with E-state index in [1.807, 2.05) is 48.5 Å². The molecular formula is C31H32N4O2. The Morgan fingerprint density at radius 3 is 2.38 bits per heavy atom. The van der Waals surface area contributed by atoms with E-state index < -0.39 is 0 Å². The number of benzene rings is 3. The van der Waals surface area contributed by atoms with Gasteiger partial charge < -0.3 is 5.32 Å². The summed E-state index contributed by atoms with van der Waals surface area (Å²) < 4.78 is 1.46. The van der Waals surface area contributed by atoms with Crippen LogP contribution in [0.15, 0.2) is 90.2 Å². The van der Waals surface area contributed by atoms with E-state index in [2.05, 4.69) is 41.1 Å². The molecule has 37 heavy (non-hydrogen) atoms. The fraction of sp³-hybridized carbons (Fsp3) is 0.258. The number of carbonyl (C=O) groups is 1. The molecule has 188 valence electrons. The van der Waals surface area contributed by atoms with Crippen LogP contribution in [-0.2, 0) is 17.9 Å². The normalized spacial score (nSPS) is 13.9. The van der Waals surface area contributed by atoms with Gasteiger partial charge in [-0.3, -0.25) is 19.1 Å². The average Bonchev–Trinajstić information content (AvgIpc) is 2.94. The Morgan fingerprint density at radius 1 is 0.919 bits per heavy atom. The van der Waals surface area contributed by atoms with Gasteiger partial charge in [-0.25, -0.2) is 4.98 Å². The first-order valence-corrected chi connectivity index (χ1v) is 12.9. The fourth-order valence-electron chi connectivity index (χ4n) is 4.92. The molecule has 4 aromatic rings. The summed E-state index contributed by atoms with van der Waals surface area (Å²) in [7, 11) is 0. The van der Waals surface area contributed by atoms with E-state index in [4.69, 9.17) is 4.98 Å². The number of piperidine rings is 1. The van der Waals surface area contributed by atoms with Crippen molar-refractivity contribution >= 4 is 16.8 Å². The number of carbonyl (C=O) groups excluding carboxylic acids is 1. The Bertz CT molecular complexity index is 1450. The SMILES string of the molecule is C=CCNC(=O)Cn1c(-c2ccccc2)nc2ccc(-c3ccc(CN4CCCCC4)cc3)cc2c1=O. The first-order valence-electron chi connectivity index (χ1n) is 12.9. The number of hydrogen-bond donors (Lipinski definition) is 1. The number of rotatable bonds is 8. The standard InChI is InChI=1S/C31H32N4O2/c1-2-17-32-29(36)22-35-30(25-9-5-3-6-10-25)33-28-16-15-26(20-27(28)31(35)37)24-13-11-23(12-14-24)21-34-18-7-4-8-19-34/h2-3,5-6,9-16,20H,1,4,7-8,17-19,21-22H2,(H,32,36). The van der Waals surface area contributed by atoms with Crippen LogP contribution in [0.2, 0.25) is 0 Å². The zero-order valence-electron chi connectivity index (χ0n) is 21.0. The van der Waals surface area contributed by atoms with Crippen LogP contribution in [0.5, 0.6) is 0 Å². The quantitative estimate of drug-likeness (QED) is 0.351. The van der Waals surface area contributed by atoms with Crippen LogP contribution in [0.3, 0.4) is 0 Å². The van der Waals surface area contributed by atoms with Crippen LogP contribution in [-0.4, -0.2) is 40.0 Å². The molecule has 2 heterocycles. The Kier molecular flexibility index (Phi) is 7.57. The highest BCUT2D eigenvalue weighted by Crippen LogP contribution is 2.25. The minimum Gasteiger partial charge on any atom is -0.351 e. The van der Waals surface area contributed by atoms with E-state index in [1.54, 1.807) is 6.08 Å². The highest BCUT2D eigenvalue weighted by atomic mass is 16.2. The van der Waals surface area contributed by atoms with Crippen molar-refractivity contribution in [2.45, 2.75) is 32.4 Å². The third kappa shape index (κ3) is 5.70. The number of aromatic nitrogens is 2. The zero-order valence-corrected chi connectivity index (χ0v) is 21.0. The summed E-state index contributed by atoms with van der Waals surface area (Å²) >= 11 is 0. The minimum atomic E-state index is -0.263. The van der Waals surface area contributed by atoms with Gasteiger partial charge in [0.05, 0.1) is 10.9 Å². The Hall–Kier alpha value is -4.03. The van der Waals surface area contributed by atoms with Crippen molar-refractivity contribution in [1.29, 1.82) is 0 Å². The number of nitrogens with one attached hydrogen (secondary N) is 1. The summed E-state index contributed by atoms with van der Waals surface area (Å²) in [5, 5.41) is 3.25. The van der Waals surface area contributed by atoms with Crippen molar-refractivity contribution in [2.24, 2.45) is 0 Å². The minimum absolute atomic E-state index is 0.116. The van der Waals surface area contributed by atoms with Crippen LogP contribution < -0.4 is 10.9 Å². The molecule has 1 aliphatic rings. The van der Waals surface area contributed by atoms with E-state index in [0.717, 1.165) is 23.2 Å². The molecular weight excluding hydrogens is 460 g/mol. The first kappa shape index (κ1) is 24.7. The van der Waals surface area contributed by atoms with Crippen LogP contribution >= 0.6 is 0 Å². The number of amides is 1. The number of hydrogen-bond acceptors (Lipinski definition) is 4. The van der Waals surface area contributed by atoms with Gasteiger partial charge in [0.25, 0.3) is 5.56 Å². The topological polar surface area (TPSA) is 67.2 Å². The van der Waals surface area contributed by atoms with Crippen LogP contribution in [0, 0.1) is 0 Å². The second kappa shape index (κ2) is 11.4. The first-order chi connectivity index (χ1) is 18.1. The number of likely N-dealkylation sites (tertiary alicyclic amines) is 1. The van der Waals surface area contributed by atoms with Crippen LogP contribution in [0.25, 0.3) is 33.4 Å². The summed E-state index contributed by atoms with van der Waals surface area (Å²) in [5.74, 6) is 0.211. The lowest BCUT2D eigenvalue weighted by Gasteiger charge is -2.26. The summed E-state index contributed by atoms with van der Waals surface area (Å²) in [4.78, 5) is 33.6. The Labute approximate surface area is 217 Å². The molecule has 0 radical (unpaired) electrons. The largest absolute Gasteiger partial charge is 0.351 e. The van der Waals surface area contributed by atoms with E-state index in [-0.39, 0.29) is 18.0 Å². The van der Waals surface area contributed by atoms with E-state index in [0.29, 0.717) is 23.3 Å². The maximum absolute atomic E-state index is 13.7. The average molecular weight is 493 g/mol. The molecule has 1 aromatic heterocycles. The highest BCUT2D eigenvalue weighted by molar-refractivity contribution is 5.86. The lowest BCUT2D eigenvalue weighted by molar-refractivity contribution is -0.121. The molecule has 6 heteroatoms. The molecule has 5 rings (SSSR count). The molecule has 0 saturated carbocycles. The molecule has 0 spiro atoms. The second-order valence-corrected chi connectivity index (χ2v) is 9.55. The van der Waals surface area contributed by atoms with Crippen LogP contribution in [0.1, 0.15) is 24.8 Å². The van der Waals surface area contributed by atoms with Gasteiger partial charge in [0.2, 0.25) is 5.91 Å². The van der Waals surface area contributed by atoms with Gasteiger partial charge in [-0.2, -0.15) is 0 Å². The van der Waals surface area contributed by atoms with Crippen molar-refractivity contribution in [3.05, 3.63) is 101 Å². The highest BCUT2D eigenvalue weighted by Gasteiger charge is 2.16. The molecule has 1 saturated heterocycles. The second-order valence-electron chi connectivity index (χ2n) is 9.55. The number of fused-ring (bicyclic) bond motifs is 1. The maximum atomic E-state index is 13.7. The third-order valence-corrected chi connectivity index (χ3v) is 6.87. The van der Waals surface area contributed by atoms with E-state index in [9.17, 15) is 9.59 Å². The predicted molar refractivity (Wildman–Crippen MR) is 149 cm³/mol. The van der Waals surface area contributed by atoms with Gasteiger partial charge in [-0.15, -0.1) is 6.58 Å². The monoisotopic (exact) mass is 492 g/mol. The van der Waals surface area contributed by atoms with Gasteiger partial charge >= 0.3 is 0 Å². The molecule has 1 aliphatic heterocycles. The van der Waals surface area contributed by atoms with Crippen molar-refractivity contribution in [1.82, 2.24) is 19.8 Å². The smallest absolute Gasteiger partial charge is 0.262 e. The fourth-order valence-corrected chi connectivity index (χ4v) is 4.92. The van der Waals surface area contributed by atoms with Gasteiger partial charge in [-0.1, -0.05) is 73.2 Å². The third-order valence-electron chi connectivity index (χ3n) is 6.87. The molecule has 0 unspecified atom stereocenters. The summed E-state index contributed by atoms with van der Waals surface area (Å²) in [5.41, 5.74) is 4.45. The van der Waals surface area contributed by atoms with Gasteiger partial charge in [0.1, 0.15) is 12.4 Å². The lowest BCUT2D eigenvalue weighted by Crippen LogP contribution is -2.33. The predicted octanol–water partition coefficient (Wildman–Crippen LogP) is 5.02. The molecule has 0 bridgehead atoms. The van der Waals surface area contributed by atoms with E-state index >= 15 is 0 Å². The molecule has 0 aliphatic carbocycles. The van der Waals surface area contributed by atoms with Crippen molar-refractivity contribution in [2.75, 3.05) is 19.6 Å². The number of nitrogens with zero attached hydrogens (tertiary/aromatic N) is 3. The summed E-state index contributed by atoms with van der Waals surface area (Å²) in [6.07, 6.45) is 5.51. The molecule has 6 nitrogen and oxygen atoms in total. The summed E-state index contributed by atoms with van der Waals surface area (Å²) in [6.45, 7) is 7.18. The van der Waals surface area contributed by atoms with Gasteiger partial charge in [-0.05, 0) is 54.8 Å². The molecule has 3 aromatic carbocycles. The van der Waals surface area contributed by atoms with Crippen molar-refractivity contribution < 1.29 is 4.79 Å². The lowest BCUT2D eigenvalue weighted by atomic mass is 10.0. The van der Waals surface area contributed by atoms with Gasteiger partial charge in [0.15, 0.2) is 0 Å². The maximum Gasteiger partial charge on any atom is 0.262 e. The van der Waals surface area contributed by atoms with Crippen molar-refractivity contribution in [3.8, 4) is 22.5 Å². The Balaban J connectivity index is 1.49. The van der Waals surface area contributed by atoms with Crippen LogP contribution in [0.4, 0.5) is 0 Å². The Morgan fingerprint density at radius 2 is 1.65 bits per heavy atom. The zero-order chi connectivity index (χ0) is 25.6. The summed E-state index contributed by atoms with van der Waals surface area (Å²) in [6, 6.07) is 23.9. The van der Waals surface area contributed by atoms with Crippen molar-refractivity contribution in [3.63, 3.8) is 0 Å².